The van der Waals surface area contributed by atoms with Gasteiger partial charge in [-0.15, -0.1) is 11.6 Å². The fraction of sp³-hybridized carbons (Fsp3) is 1.00. The summed E-state index contributed by atoms with van der Waals surface area (Å²) < 4.78 is 0. The average molecular weight is 215 g/mol. The van der Waals surface area contributed by atoms with E-state index >= 15 is 0 Å². The van der Waals surface area contributed by atoms with Crippen molar-refractivity contribution in [2.45, 2.75) is 63.7 Å². The lowest BCUT2D eigenvalue weighted by Crippen LogP contribution is -2.16. The molecule has 0 nitrogen and oxygen atoms in total. The summed E-state index contributed by atoms with van der Waals surface area (Å²) in [5.41, 5.74) is 0. The Kier molecular flexibility index (Phi) is 3.76. The van der Waals surface area contributed by atoms with Crippen molar-refractivity contribution < 1.29 is 0 Å². The van der Waals surface area contributed by atoms with E-state index in [-0.39, 0.29) is 0 Å². The Morgan fingerprint density at radius 1 is 1.00 bits per heavy atom. The van der Waals surface area contributed by atoms with Gasteiger partial charge in [0.15, 0.2) is 0 Å². The molecule has 2 fully saturated rings. The van der Waals surface area contributed by atoms with E-state index in [4.69, 9.17) is 11.6 Å². The minimum Gasteiger partial charge on any atom is -0.123 e. The lowest BCUT2D eigenvalue weighted by molar-refractivity contribution is 0.239. The number of alkyl halides is 1. The molecule has 4 unspecified atom stereocenters. The zero-order valence-electron chi connectivity index (χ0n) is 9.34. The van der Waals surface area contributed by atoms with Crippen LogP contribution in [0.25, 0.3) is 0 Å². The molecule has 0 aromatic rings. The second-order valence-electron chi connectivity index (χ2n) is 5.65. The van der Waals surface area contributed by atoms with Crippen molar-refractivity contribution in [3.8, 4) is 0 Å². The van der Waals surface area contributed by atoms with Crippen molar-refractivity contribution in [3.05, 3.63) is 0 Å². The maximum Gasteiger partial charge on any atom is 0.0338 e. The predicted molar refractivity (Wildman–Crippen MR) is 62.7 cm³/mol. The number of rotatable bonds is 2. The minimum atomic E-state index is 0.501. The van der Waals surface area contributed by atoms with Crippen LogP contribution < -0.4 is 0 Å². The summed E-state index contributed by atoms with van der Waals surface area (Å²) in [7, 11) is 0. The van der Waals surface area contributed by atoms with Crippen LogP contribution in [-0.4, -0.2) is 5.38 Å². The largest absolute Gasteiger partial charge is 0.123 e. The average Bonchev–Trinajstić information content (AvgIpc) is 2.51. The van der Waals surface area contributed by atoms with Crippen LogP contribution in [0.4, 0.5) is 0 Å². The molecule has 2 aliphatic carbocycles. The topological polar surface area (TPSA) is 0 Å². The molecule has 1 heteroatoms. The van der Waals surface area contributed by atoms with E-state index < -0.39 is 0 Å². The van der Waals surface area contributed by atoms with Crippen LogP contribution in [-0.2, 0) is 0 Å². The van der Waals surface area contributed by atoms with Crippen LogP contribution in [0.5, 0.6) is 0 Å². The summed E-state index contributed by atoms with van der Waals surface area (Å²) in [5, 5.41) is 0.501. The second kappa shape index (κ2) is 4.88. The molecule has 0 spiro atoms. The Morgan fingerprint density at radius 3 is 2.43 bits per heavy atom. The van der Waals surface area contributed by atoms with Gasteiger partial charge in [-0.2, -0.15) is 0 Å². The van der Waals surface area contributed by atoms with Gasteiger partial charge in [0.05, 0.1) is 0 Å². The molecule has 2 aliphatic rings. The summed E-state index contributed by atoms with van der Waals surface area (Å²) in [6.45, 7) is 2.42. The van der Waals surface area contributed by atoms with Gasteiger partial charge in [-0.1, -0.05) is 26.2 Å². The maximum atomic E-state index is 6.15. The van der Waals surface area contributed by atoms with Gasteiger partial charge in [-0.25, -0.2) is 0 Å². The number of halogens is 1. The minimum absolute atomic E-state index is 0.501. The molecule has 0 aliphatic heterocycles. The van der Waals surface area contributed by atoms with E-state index in [0.29, 0.717) is 5.38 Å². The van der Waals surface area contributed by atoms with E-state index in [1.807, 2.05) is 0 Å². The first-order chi connectivity index (χ1) is 6.74. The molecule has 2 saturated carbocycles. The molecular weight excluding hydrogens is 192 g/mol. The quantitative estimate of drug-likeness (QED) is 0.589. The van der Waals surface area contributed by atoms with Crippen molar-refractivity contribution in [1.29, 1.82) is 0 Å². The van der Waals surface area contributed by atoms with E-state index in [0.717, 1.165) is 17.8 Å². The highest BCUT2D eigenvalue weighted by Gasteiger charge is 2.27. The number of hydrogen-bond acceptors (Lipinski definition) is 0. The van der Waals surface area contributed by atoms with Crippen LogP contribution in [0.1, 0.15) is 58.3 Å². The second-order valence-corrected chi connectivity index (χ2v) is 6.27. The molecule has 14 heavy (non-hydrogen) atoms. The summed E-state index contributed by atoms with van der Waals surface area (Å²) in [6, 6.07) is 0. The SMILES string of the molecule is CC1CCCC(CC2CCC(Cl)C2)C1. The zero-order valence-corrected chi connectivity index (χ0v) is 10.1. The molecule has 0 bridgehead atoms. The van der Waals surface area contributed by atoms with E-state index in [9.17, 15) is 0 Å². The Balaban J connectivity index is 1.74. The Labute approximate surface area is 93.4 Å². The van der Waals surface area contributed by atoms with E-state index in [1.54, 1.807) is 0 Å². The van der Waals surface area contributed by atoms with Crippen LogP contribution >= 0.6 is 11.6 Å². The Hall–Kier alpha value is 0.290. The Bertz CT molecular complexity index is 178. The summed E-state index contributed by atoms with van der Waals surface area (Å²) in [5.74, 6) is 2.99. The van der Waals surface area contributed by atoms with Gasteiger partial charge in [0.1, 0.15) is 0 Å². The van der Waals surface area contributed by atoms with Gasteiger partial charge in [0.25, 0.3) is 0 Å². The molecule has 0 aromatic carbocycles. The molecule has 0 radical (unpaired) electrons. The third-order valence-electron chi connectivity index (χ3n) is 4.19. The third kappa shape index (κ3) is 2.89. The molecule has 4 atom stereocenters. The first-order valence-electron chi connectivity index (χ1n) is 6.38. The van der Waals surface area contributed by atoms with Crippen molar-refractivity contribution in [3.63, 3.8) is 0 Å². The highest BCUT2D eigenvalue weighted by Crippen LogP contribution is 2.39. The van der Waals surface area contributed by atoms with E-state index in [1.165, 1.54) is 51.4 Å². The number of hydrogen-bond donors (Lipinski definition) is 0. The van der Waals surface area contributed by atoms with Crippen molar-refractivity contribution in [2.75, 3.05) is 0 Å². The van der Waals surface area contributed by atoms with Gasteiger partial charge in [-0.05, 0) is 49.9 Å². The summed E-state index contributed by atoms with van der Waals surface area (Å²) >= 11 is 6.15. The van der Waals surface area contributed by atoms with Gasteiger partial charge in [-0.3, -0.25) is 0 Å². The van der Waals surface area contributed by atoms with Gasteiger partial charge in [0.2, 0.25) is 0 Å². The summed E-state index contributed by atoms with van der Waals surface area (Å²) in [6.07, 6.45) is 11.4. The van der Waals surface area contributed by atoms with Crippen LogP contribution in [0.15, 0.2) is 0 Å². The highest BCUT2D eigenvalue weighted by molar-refractivity contribution is 6.20. The molecule has 0 heterocycles. The van der Waals surface area contributed by atoms with Crippen LogP contribution in [0.2, 0.25) is 0 Å². The molecule has 2 rings (SSSR count). The Morgan fingerprint density at radius 2 is 1.79 bits per heavy atom. The lowest BCUT2D eigenvalue weighted by atomic mass is 9.78. The standard InChI is InChI=1S/C13H23Cl/c1-10-3-2-4-11(7-10)8-12-5-6-13(14)9-12/h10-13H,2-9H2,1H3. The van der Waals surface area contributed by atoms with Gasteiger partial charge in [0, 0.05) is 5.38 Å². The molecule has 0 aromatic heterocycles. The maximum absolute atomic E-state index is 6.15. The molecule has 0 amide bonds. The highest BCUT2D eigenvalue weighted by atomic mass is 35.5. The first-order valence-corrected chi connectivity index (χ1v) is 6.81. The predicted octanol–water partition coefficient (Wildman–Crippen LogP) is 4.61. The first kappa shape index (κ1) is 10.8. The fourth-order valence-corrected chi connectivity index (χ4v) is 3.85. The molecular formula is C13H23Cl. The van der Waals surface area contributed by atoms with Crippen molar-refractivity contribution in [2.24, 2.45) is 17.8 Å². The van der Waals surface area contributed by atoms with Crippen LogP contribution in [0, 0.1) is 17.8 Å². The third-order valence-corrected chi connectivity index (χ3v) is 4.59. The van der Waals surface area contributed by atoms with Crippen molar-refractivity contribution >= 4 is 11.6 Å². The smallest absolute Gasteiger partial charge is 0.0338 e. The van der Waals surface area contributed by atoms with Crippen molar-refractivity contribution in [1.82, 2.24) is 0 Å². The summed E-state index contributed by atoms with van der Waals surface area (Å²) in [4.78, 5) is 0. The molecule has 0 N–H and O–H groups in total. The molecule has 0 saturated heterocycles. The van der Waals surface area contributed by atoms with Gasteiger partial charge >= 0.3 is 0 Å². The monoisotopic (exact) mass is 214 g/mol. The van der Waals surface area contributed by atoms with Gasteiger partial charge < -0.3 is 0 Å². The zero-order chi connectivity index (χ0) is 9.97. The fourth-order valence-electron chi connectivity index (χ4n) is 3.47. The van der Waals surface area contributed by atoms with E-state index in [2.05, 4.69) is 6.92 Å². The molecule has 82 valence electrons. The lowest BCUT2D eigenvalue weighted by Gasteiger charge is -2.28. The normalized spacial score (nSPS) is 44.1. The van der Waals surface area contributed by atoms with Crippen LogP contribution in [0.3, 0.4) is 0 Å².